The Bertz CT molecular complexity index is 883. The van der Waals surface area contributed by atoms with E-state index in [2.05, 4.69) is 10.1 Å². The number of ether oxygens (including phenoxy) is 2. The van der Waals surface area contributed by atoms with Crippen molar-refractivity contribution in [3.8, 4) is 11.5 Å². The highest BCUT2D eigenvalue weighted by Gasteiger charge is 2.25. The molecule has 1 N–H and O–H groups in total. The molecule has 1 aliphatic heterocycles. The number of likely N-dealkylation sites (tertiary alicyclic amines) is 1. The molecular formula is C22H24F2N2O4. The van der Waals surface area contributed by atoms with Crippen LogP contribution in [0.1, 0.15) is 28.8 Å². The lowest BCUT2D eigenvalue weighted by atomic mass is 10.0. The van der Waals surface area contributed by atoms with Gasteiger partial charge in [-0.25, -0.2) is 0 Å². The van der Waals surface area contributed by atoms with E-state index in [1.54, 1.807) is 18.1 Å². The molecule has 8 heteroatoms. The third-order valence-corrected chi connectivity index (χ3v) is 5.06. The number of piperidine rings is 1. The number of carbonyl (C=O) groups excluding carboxylic acids is 2. The molecule has 1 saturated heterocycles. The Morgan fingerprint density at radius 2 is 1.70 bits per heavy atom. The maximum atomic E-state index is 12.6. The van der Waals surface area contributed by atoms with Gasteiger partial charge >= 0.3 is 6.61 Å². The Balaban J connectivity index is 1.53. The molecule has 0 saturated carbocycles. The maximum absolute atomic E-state index is 12.6. The molecule has 160 valence electrons. The molecule has 0 aliphatic carbocycles. The standard InChI is InChI=1S/C22H24F2N2O4/c1-29-18-8-4-2-6-15(18)14-20(27)26-12-10-16(11-13-26)25-21(28)17-7-3-5-9-19(17)30-22(23)24/h2-9,16,22H,10-14H2,1H3,(H,25,28). The summed E-state index contributed by atoms with van der Waals surface area (Å²) in [4.78, 5) is 26.9. The quantitative estimate of drug-likeness (QED) is 0.750. The molecule has 1 fully saturated rings. The van der Waals surface area contributed by atoms with Gasteiger partial charge in [-0.2, -0.15) is 8.78 Å². The Kier molecular flexibility index (Phi) is 7.21. The summed E-state index contributed by atoms with van der Waals surface area (Å²) in [6.45, 7) is -1.99. The summed E-state index contributed by atoms with van der Waals surface area (Å²) in [5.74, 6) is 0.0529. The molecule has 3 rings (SSSR count). The number of halogens is 2. The first-order chi connectivity index (χ1) is 14.5. The molecule has 0 unspecified atom stereocenters. The lowest BCUT2D eigenvalue weighted by Crippen LogP contribution is -2.47. The number of nitrogens with zero attached hydrogens (tertiary/aromatic N) is 1. The molecule has 2 amide bonds. The summed E-state index contributed by atoms with van der Waals surface area (Å²) in [6, 6.07) is 13.1. The Hall–Kier alpha value is -3.16. The number of hydrogen-bond donors (Lipinski definition) is 1. The van der Waals surface area contributed by atoms with Crippen molar-refractivity contribution in [3.05, 3.63) is 59.7 Å². The zero-order chi connectivity index (χ0) is 21.5. The van der Waals surface area contributed by atoms with Crippen LogP contribution in [0.15, 0.2) is 48.5 Å². The third-order valence-electron chi connectivity index (χ3n) is 5.06. The van der Waals surface area contributed by atoms with Gasteiger partial charge in [-0.15, -0.1) is 0 Å². The summed E-state index contributed by atoms with van der Waals surface area (Å²) < 4.78 is 34.8. The molecule has 0 bridgehead atoms. The first-order valence-corrected chi connectivity index (χ1v) is 9.72. The van der Waals surface area contributed by atoms with E-state index in [1.165, 1.54) is 18.2 Å². The van der Waals surface area contributed by atoms with Crippen LogP contribution in [0.4, 0.5) is 8.78 Å². The van der Waals surface area contributed by atoms with Crippen LogP contribution in [0.3, 0.4) is 0 Å². The summed E-state index contributed by atoms with van der Waals surface area (Å²) in [6.07, 6.45) is 1.42. The van der Waals surface area contributed by atoms with Crippen molar-refractivity contribution in [2.24, 2.45) is 0 Å². The third kappa shape index (κ3) is 5.46. The van der Waals surface area contributed by atoms with Crippen LogP contribution in [0, 0.1) is 0 Å². The van der Waals surface area contributed by atoms with Gasteiger partial charge in [0.2, 0.25) is 5.91 Å². The van der Waals surface area contributed by atoms with Crippen LogP contribution in [0.5, 0.6) is 11.5 Å². The second-order valence-corrected chi connectivity index (χ2v) is 6.99. The van der Waals surface area contributed by atoms with E-state index in [0.29, 0.717) is 31.7 Å². The van der Waals surface area contributed by atoms with Gasteiger partial charge in [-0.3, -0.25) is 9.59 Å². The van der Waals surface area contributed by atoms with Crippen molar-refractivity contribution in [1.82, 2.24) is 10.2 Å². The zero-order valence-electron chi connectivity index (χ0n) is 16.6. The van der Waals surface area contributed by atoms with Crippen molar-refractivity contribution in [2.75, 3.05) is 20.2 Å². The topological polar surface area (TPSA) is 67.9 Å². The normalized spacial score (nSPS) is 14.5. The molecule has 0 radical (unpaired) electrons. The second kappa shape index (κ2) is 10.0. The molecule has 0 aromatic heterocycles. The average Bonchev–Trinajstić information content (AvgIpc) is 2.74. The van der Waals surface area contributed by atoms with Gasteiger partial charge in [-0.05, 0) is 31.0 Å². The number of rotatable bonds is 7. The lowest BCUT2D eigenvalue weighted by Gasteiger charge is -2.32. The van der Waals surface area contributed by atoms with Crippen molar-refractivity contribution in [3.63, 3.8) is 0 Å². The van der Waals surface area contributed by atoms with Gasteiger partial charge in [0.05, 0.1) is 19.1 Å². The first kappa shape index (κ1) is 21.5. The number of amides is 2. The minimum Gasteiger partial charge on any atom is -0.496 e. The summed E-state index contributed by atoms with van der Waals surface area (Å²) in [7, 11) is 1.57. The Morgan fingerprint density at radius 3 is 2.37 bits per heavy atom. The van der Waals surface area contributed by atoms with Crippen LogP contribution in [0.2, 0.25) is 0 Å². The van der Waals surface area contributed by atoms with Gasteiger partial charge in [0.15, 0.2) is 0 Å². The van der Waals surface area contributed by atoms with E-state index in [0.717, 1.165) is 5.56 Å². The Morgan fingerprint density at radius 1 is 1.07 bits per heavy atom. The molecule has 1 aliphatic rings. The molecule has 0 spiro atoms. The minimum atomic E-state index is -3.00. The lowest BCUT2D eigenvalue weighted by molar-refractivity contribution is -0.131. The SMILES string of the molecule is COc1ccccc1CC(=O)N1CCC(NC(=O)c2ccccc2OC(F)F)CC1. The van der Waals surface area contributed by atoms with Gasteiger partial charge < -0.3 is 19.7 Å². The largest absolute Gasteiger partial charge is 0.496 e. The number of hydrogen-bond acceptors (Lipinski definition) is 4. The average molecular weight is 418 g/mol. The van der Waals surface area contributed by atoms with E-state index in [9.17, 15) is 18.4 Å². The molecule has 1 heterocycles. The van der Waals surface area contributed by atoms with Crippen molar-refractivity contribution in [2.45, 2.75) is 31.9 Å². The predicted octanol–water partition coefficient (Wildman–Crippen LogP) is 3.26. The van der Waals surface area contributed by atoms with Gasteiger partial charge in [0.25, 0.3) is 5.91 Å². The molecule has 2 aromatic carbocycles. The monoisotopic (exact) mass is 418 g/mol. The first-order valence-electron chi connectivity index (χ1n) is 9.72. The predicted molar refractivity (Wildman–Crippen MR) is 107 cm³/mol. The van der Waals surface area contributed by atoms with Crippen LogP contribution >= 0.6 is 0 Å². The van der Waals surface area contributed by atoms with Crippen LogP contribution in [-0.2, 0) is 11.2 Å². The Labute approximate surface area is 173 Å². The summed E-state index contributed by atoms with van der Waals surface area (Å²) >= 11 is 0. The highest BCUT2D eigenvalue weighted by molar-refractivity contribution is 5.97. The highest BCUT2D eigenvalue weighted by atomic mass is 19.3. The number of para-hydroxylation sites is 2. The molecule has 6 nitrogen and oxygen atoms in total. The molecular weight excluding hydrogens is 394 g/mol. The number of methoxy groups -OCH3 is 1. The number of alkyl halides is 2. The number of benzene rings is 2. The molecule has 0 atom stereocenters. The van der Waals surface area contributed by atoms with Gasteiger partial charge in [-0.1, -0.05) is 30.3 Å². The zero-order valence-corrected chi connectivity index (χ0v) is 16.6. The molecule has 2 aromatic rings. The van der Waals surface area contributed by atoms with Gasteiger partial charge in [0, 0.05) is 24.7 Å². The fraction of sp³-hybridized carbons (Fsp3) is 0.364. The van der Waals surface area contributed by atoms with Crippen LogP contribution in [0.25, 0.3) is 0 Å². The fourth-order valence-electron chi connectivity index (χ4n) is 3.51. The number of nitrogens with one attached hydrogen (secondary N) is 1. The summed E-state index contributed by atoms with van der Waals surface area (Å²) in [5.41, 5.74) is 0.892. The molecule has 30 heavy (non-hydrogen) atoms. The van der Waals surface area contributed by atoms with E-state index < -0.39 is 12.5 Å². The fourth-order valence-corrected chi connectivity index (χ4v) is 3.51. The van der Waals surface area contributed by atoms with Crippen molar-refractivity contribution in [1.29, 1.82) is 0 Å². The second-order valence-electron chi connectivity index (χ2n) is 6.99. The van der Waals surface area contributed by atoms with E-state index in [4.69, 9.17) is 4.74 Å². The smallest absolute Gasteiger partial charge is 0.387 e. The highest BCUT2D eigenvalue weighted by Crippen LogP contribution is 2.22. The van der Waals surface area contributed by atoms with Crippen LogP contribution < -0.4 is 14.8 Å². The van der Waals surface area contributed by atoms with E-state index in [1.807, 2.05) is 24.3 Å². The van der Waals surface area contributed by atoms with Gasteiger partial charge in [0.1, 0.15) is 11.5 Å². The van der Waals surface area contributed by atoms with E-state index in [-0.39, 0.29) is 29.7 Å². The minimum absolute atomic E-state index is 0.0000412. The van der Waals surface area contributed by atoms with E-state index >= 15 is 0 Å². The summed E-state index contributed by atoms with van der Waals surface area (Å²) in [5, 5.41) is 2.85. The van der Waals surface area contributed by atoms with Crippen molar-refractivity contribution < 1.29 is 27.8 Å². The maximum Gasteiger partial charge on any atom is 0.387 e. The van der Waals surface area contributed by atoms with Crippen molar-refractivity contribution >= 4 is 11.8 Å². The van der Waals surface area contributed by atoms with Crippen LogP contribution in [-0.4, -0.2) is 49.6 Å². The number of carbonyl (C=O) groups is 2.